The lowest BCUT2D eigenvalue weighted by Crippen LogP contribution is -2.37. The Morgan fingerprint density at radius 2 is 1.75 bits per heavy atom. The number of hydrogen-bond donors (Lipinski definition) is 2. The number of alkyl halides is 3. The number of carbonyl (C=O) groups excluding carboxylic acids is 1. The maximum atomic E-state index is 14.1. The lowest BCUT2D eigenvalue weighted by molar-refractivity contribution is -0.137. The van der Waals surface area contributed by atoms with Crippen molar-refractivity contribution in [2.24, 2.45) is 7.05 Å². The molecule has 2 unspecified atom stereocenters. The number of aromatic nitrogens is 2. The minimum Gasteiger partial charge on any atom is -0.480 e. The van der Waals surface area contributed by atoms with E-state index in [9.17, 15) is 36.3 Å². The smallest absolute Gasteiger partial charge is 0.417 e. The Morgan fingerprint density at radius 3 is 2.31 bits per heavy atom. The Kier molecular flexibility index (Phi) is 10.9. The second-order valence-electron chi connectivity index (χ2n) is 11.1. The van der Waals surface area contributed by atoms with E-state index in [0.717, 1.165) is 35.6 Å². The first-order valence-electron chi connectivity index (χ1n) is 15.2. The number of rotatable bonds is 5. The fourth-order valence-corrected chi connectivity index (χ4v) is 5.72. The summed E-state index contributed by atoms with van der Waals surface area (Å²) in [6.45, 7) is 7.72. The number of aryl methyl sites for hydroxylation is 2. The second kappa shape index (κ2) is 14.5. The van der Waals surface area contributed by atoms with Crippen LogP contribution < -0.4 is 15.8 Å². The first-order valence-corrected chi connectivity index (χ1v) is 15.2. The van der Waals surface area contributed by atoms with E-state index >= 15 is 0 Å². The molecule has 0 spiro atoms. The third kappa shape index (κ3) is 7.33. The lowest BCUT2D eigenvalue weighted by Gasteiger charge is -2.29. The number of hydrogen-bond acceptors (Lipinski definition) is 6. The third-order valence-corrected chi connectivity index (χ3v) is 8.12. The van der Waals surface area contributed by atoms with E-state index in [1.165, 1.54) is 30.8 Å². The van der Waals surface area contributed by atoms with Gasteiger partial charge in [0, 0.05) is 42.1 Å². The number of ether oxygens (including phenoxy) is 1. The van der Waals surface area contributed by atoms with Crippen LogP contribution in [0.4, 0.5) is 27.6 Å². The number of nitrogens with zero attached hydrogens (tertiary/aromatic N) is 3. The van der Waals surface area contributed by atoms with Gasteiger partial charge in [0.25, 0.3) is 11.5 Å². The number of benzene rings is 2. The van der Waals surface area contributed by atoms with Gasteiger partial charge >= 0.3 is 12.1 Å². The number of anilines is 1. The number of fused-ring (bicyclic) bond motifs is 3. The number of aliphatic carboxylic acids is 1. The van der Waals surface area contributed by atoms with Crippen LogP contribution in [-0.2, 0) is 22.8 Å². The minimum atomic E-state index is -4.63. The van der Waals surface area contributed by atoms with Crippen molar-refractivity contribution in [2.75, 3.05) is 24.6 Å². The zero-order valence-electron chi connectivity index (χ0n) is 26.9. The van der Waals surface area contributed by atoms with Gasteiger partial charge in [-0.1, -0.05) is 32.0 Å². The van der Waals surface area contributed by atoms with Gasteiger partial charge in [-0.15, -0.1) is 0 Å². The standard InChI is InChI=1S/C18H15F3N2O.C14H14F2N2O4.C2H6/c1-10-6-7-13(16-12(10)5-4-8-22-16)15-14(18(19,20)21)9-11(2)23(3)17(15)24;15-10-2-7(18-5-9-1-8(18)6-22-9)3-11(16)13(10)14(21)17-4-12(19)20;1-2/h4-9H,1-3H3;2-3,8-9H,1,4-6H2,(H,17,21)(H,19,20);1-2H3. The quantitative estimate of drug-likeness (QED) is 0.249. The average Bonchev–Trinajstić information content (AvgIpc) is 3.68. The molecule has 4 aromatic rings. The highest BCUT2D eigenvalue weighted by Crippen LogP contribution is 2.38. The van der Waals surface area contributed by atoms with E-state index in [-0.39, 0.29) is 29.0 Å². The van der Waals surface area contributed by atoms with Gasteiger partial charge in [0.15, 0.2) is 0 Å². The Labute approximate surface area is 273 Å². The first-order chi connectivity index (χ1) is 22.7. The molecule has 2 bridgehead atoms. The molecule has 256 valence electrons. The molecule has 2 N–H and O–H groups in total. The molecule has 9 nitrogen and oxygen atoms in total. The summed E-state index contributed by atoms with van der Waals surface area (Å²) in [6, 6.07) is 10.0. The molecule has 48 heavy (non-hydrogen) atoms. The largest absolute Gasteiger partial charge is 0.480 e. The number of nitrogens with one attached hydrogen (secondary N) is 1. The van der Waals surface area contributed by atoms with Crippen LogP contribution in [0.2, 0.25) is 0 Å². The Balaban J connectivity index is 0.000000207. The SMILES string of the molecule is CC.Cc1ccc(-c2c(C(F)(F)F)cc(C)n(C)c2=O)c2ncccc12.O=C(O)CNC(=O)c1c(F)cc(N2CC3CC2CO3)cc1F. The van der Waals surface area contributed by atoms with E-state index in [0.29, 0.717) is 24.4 Å². The van der Waals surface area contributed by atoms with Crippen molar-refractivity contribution in [3.8, 4) is 11.1 Å². The molecule has 14 heteroatoms. The normalized spacial score (nSPS) is 16.6. The summed E-state index contributed by atoms with van der Waals surface area (Å²) in [5, 5.41) is 11.1. The molecule has 2 fully saturated rings. The highest BCUT2D eigenvalue weighted by molar-refractivity contribution is 5.97. The molecule has 4 heterocycles. The molecular weight excluding hydrogens is 639 g/mol. The van der Waals surface area contributed by atoms with Crippen molar-refractivity contribution >= 4 is 28.5 Å². The molecule has 2 aliphatic heterocycles. The predicted molar refractivity (Wildman–Crippen MR) is 170 cm³/mol. The van der Waals surface area contributed by atoms with Gasteiger partial charge in [0.2, 0.25) is 0 Å². The van der Waals surface area contributed by atoms with Crippen molar-refractivity contribution < 1.29 is 41.4 Å². The zero-order valence-corrected chi connectivity index (χ0v) is 26.9. The van der Waals surface area contributed by atoms with Crippen LogP contribution in [0.3, 0.4) is 0 Å². The maximum absolute atomic E-state index is 14.1. The monoisotopic (exact) mass is 674 g/mol. The summed E-state index contributed by atoms with van der Waals surface area (Å²) < 4.78 is 75.4. The van der Waals surface area contributed by atoms with Gasteiger partial charge in [-0.05, 0) is 50.1 Å². The maximum Gasteiger partial charge on any atom is 0.417 e. The van der Waals surface area contributed by atoms with E-state index in [4.69, 9.17) is 9.84 Å². The summed E-state index contributed by atoms with van der Waals surface area (Å²) in [4.78, 5) is 40.7. The summed E-state index contributed by atoms with van der Waals surface area (Å²) >= 11 is 0. The van der Waals surface area contributed by atoms with E-state index < -0.39 is 52.9 Å². The van der Waals surface area contributed by atoms with Crippen molar-refractivity contribution in [3.05, 3.63) is 93.0 Å². The van der Waals surface area contributed by atoms with Gasteiger partial charge in [-0.25, -0.2) is 8.78 Å². The van der Waals surface area contributed by atoms with Crippen LogP contribution in [0.1, 0.15) is 47.4 Å². The number of morpholine rings is 1. The van der Waals surface area contributed by atoms with Crippen LogP contribution in [0.25, 0.3) is 22.0 Å². The first kappa shape index (κ1) is 36.0. The Bertz CT molecular complexity index is 1890. The van der Waals surface area contributed by atoms with Gasteiger partial charge in [0.1, 0.15) is 23.7 Å². The molecule has 2 aliphatic rings. The molecule has 0 radical (unpaired) electrons. The van der Waals surface area contributed by atoms with E-state index in [1.807, 2.05) is 31.0 Å². The lowest BCUT2D eigenvalue weighted by atomic mass is 9.95. The molecule has 2 aromatic heterocycles. The highest BCUT2D eigenvalue weighted by atomic mass is 19.4. The van der Waals surface area contributed by atoms with Crippen LogP contribution in [0.15, 0.2) is 53.5 Å². The number of halogens is 5. The zero-order chi connectivity index (χ0) is 35.5. The van der Waals surface area contributed by atoms with Gasteiger partial charge in [-0.3, -0.25) is 19.4 Å². The predicted octanol–water partition coefficient (Wildman–Crippen LogP) is 6.02. The topological polar surface area (TPSA) is 114 Å². The van der Waals surface area contributed by atoms with Crippen molar-refractivity contribution in [2.45, 2.75) is 52.4 Å². The minimum absolute atomic E-state index is 0.0784. The molecular formula is C34H35F5N4O5. The summed E-state index contributed by atoms with van der Waals surface area (Å²) in [6.07, 6.45) is -2.21. The molecule has 2 aromatic carbocycles. The van der Waals surface area contributed by atoms with Crippen LogP contribution in [0.5, 0.6) is 0 Å². The summed E-state index contributed by atoms with van der Waals surface area (Å²) in [7, 11) is 1.46. The number of carboxylic acids is 1. The molecule has 0 saturated carbocycles. The molecule has 2 saturated heterocycles. The fraction of sp³-hybridized carbons (Fsp3) is 0.353. The van der Waals surface area contributed by atoms with E-state index in [2.05, 4.69) is 4.98 Å². The fourth-order valence-electron chi connectivity index (χ4n) is 5.72. The van der Waals surface area contributed by atoms with E-state index in [1.54, 1.807) is 18.2 Å². The van der Waals surface area contributed by atoms with Crippen LogP contribution in [-0.4, -0.2) is 58.4 Å². The van der Waals surface area contributed by atoms with Crippen molar-refractivity contribution in [1.29, 1.82) is 0 Å². The van der Waals surface area contributed by atoms with Gasteiger partial charge in [0.05, 0.1) is 35.4 Å². The van der Waals surface area contributed by atoms with Gasteiger partial charge in [-0.2, -0.15) is 13.2 Å². The second-order valence-corrected chi connectivity index (χ2v) is 11.1. The van der Waals surface area contributed by atoms with Crippen molar-refractivity contribution in [3.63, 3.8) is 0 Å². The van der Waals surface area contributed by atoms with Gasteiger partial charge < -0.3 is 24.6 Å². The number of pyridine rings is 2. The molecule has 1 amide bonds. The molecule has 2 atom stereocenters. The number of carbonyl (C=O) groups is 2. The summed E-state index contributed by atoms with van der Waals surface area (Å²) in [5.74, 6) is -4.41. The summed E-state index contributed by atoms with van der Waals surface area (Å²) in [5.41, 5.74) is -0.657. The highest BCUT2D eigenvalue weighted by Gasteiger charge is 2.40. The Hall–Kier alpha value is -4.85. The molecule has 0 aliphatic carbocycles. The average molecular weight is 675 g/mol. The van der Waals surface area contributed by atoms with Crippen molar-refractivity contribution in [1.82, 2.24) is 14.9 Å². The van der Waals surface area contributed by atoms with Crippen LogP contribution in [0, 0.1) is 25.5 Å². The number of amides is 1. The molecule has 6 rings (SSSR count). The number of carboxylic acid groups (broad SMARTS) is 1. The third-order valence-electron chi connectivity index (χ3n) is 8.12. The van der Waals surface area contributed by atoms with Crippen LogP contribution >= 0.6 is 0 Å². The Morgan fingerprint density at radius 1 is 1.08 bits per heavy atom.